The first-order chi connectivity index (χ1) is 9.49. The van der Waals surface area contributed by atoms with Gasteiger partial charge in [0.05, 0.1) is 0 Å². The second-order valence-corrected chi connectivity index (χ2v) is 5.99. The summed E-state index contributed by atoms with van der Waals surface area (Å²) < 4.78 is 0.901. The fraction of sp³-hybridized carbons (Fsp3) is 0.188. The summed E-state index contributed by atoms with van der Waals surface area (Å²) in [7, 11) is 1.96. The average Bonchev–Trinajstić information content (AvgIpc) is 2.41. The van der Waals surface area contributed by atoms with Crippen molar-refractivity contribution in [3.8, 4) is 0 Å². The molecule has 0 spiro atoms. The van der Waals surface area contributed by atoms with E-state index in [0.29, 0.717) is 12.1 Å². The van der Waals surface area contributed by atoms with Crippen LogP contribution in [0, 0.1) is 0 Å². The van der Waals surface area contributed by atoms with E-state index in [1.54, 1.807) is 6.92 Å². The van der Waals surface area contributed by atoms with E-state index in [0.717, 1.165) is 20.7 Å². The predicted molar refractivity (Wildman–Crippen MR) is 87.7 cm³/mol. The minimum Gasteiger partial charge on any atom is -0.370 e. The Bertz CT molecular complexity index is 642. The molecule has 0 aliphatic carbocycles. The molecular weight excluding hydrogens is 338 g/mol. The third kappa shape index (κ3) is 3.41. The molecule has 0 N–H and O–H groups in total. The van der Waals surface area contributed by atoms with Crippen LogP contribution in [0.4, 0.5) is 5.69 Å². The molecule has 0 unspecified atom stereocenters. The Hall–Kier alpha value is -1.32. The Kier molecular flexibility index (Phi) is 4.84. The number of halogens is 2. The van der Waals surface area contributed by atoms with E-state index in [1.807, 2.05) is 54.4 Å². The Balaban J connectivity index is 2.32. The van der Waals surface area contributed by atoms with Gasteiger partial charge < -0.3 is 4.90 Å². The van der Waals surface area contributed by atoms with Gasteiger partial charge in [0.25, 0.3) is 0 Å². The molecular formula is C16H15BrClNO. The summed E-state index contributed by atoms with van der Waals surface area (Å²) in [6, 6.07) is 13.5. The molecule has 0 aliphatic rings. The second kappa shape index (κ2) is 6.42. The lowest BCUT2D eigenvalue weighted by Gasteiger charge is -2.22. The molecule has 2 rings (SSSR count). The number of anilines is 1. The Morgan fingerprint density at radius 2 is 1.95 bits per heavy atom. The van der Waals surface area contributed by atoms with Crippen LogP contribution >= 0.6 is 27.5 Å². The maximum absolute atomic E-state index is 11.8. The van der Waals surface area contributed by atoms with Gasteiger partial charge >= 0.3 is 0 Å². The maximum Gasteiger partial charge on any atom is 0.161 e. The molecule has 0 heterocycles. The summed E-state index contributed by atoms with van der Waals surface area (Å²) in [6.45, 7) is 2.23. The summed E-state index contributed by atoms with van der Waals surface area (Å²) in [5.74, 6) is 0.0484. The SMILES string of the molecule is CC(=O)c1cc(Br)ccc1N(C)Cc1ccccc1Cl. The van der Waals surface area contributed by atoms with Crippen LogP contribution < -0.4 is 4.90 Å². The summed E-state index contributed by atoms with van der Waals surface area (Å²) in [4.78, 5) is 13.8. The van der Waals surface area contributed by atoms with Crippen LogP contribution in [0.5, 0.6) is 0 Å². The highest BCUT2D eigenvalue weighted by atomic mass is 79.9. The van der Waals surface area contributed by atoms with E-state index < -0.39 is 0 Å². The van der Waals surface area contributed by atoms with Crippen molar-refractivity contribution < 1.29 is 4.79 Å². The quantitative estimate of drug-likeness (QED) is 0.726. The second-order valence-electron chi connectivity index (χ2n) is 4.67. The van der Waals surface area contributed by atoms with Gasteiger partial charge in [0.1, 0.15) is 0 Å². The molecule has 104 valence electrons. The summed E-state index contributed by atoms with van der Waals surface area (Å²) in [5, 5.41) is 0.737. The average molecular weight is 353 g/mol. The van der Waals surface area contributed by atoms with E-state index >= 15 is 0 Å². The molecule has 0 radical (unpaired) electrons. The van der Waals surface area contributed by atoms with E-state index in [2.05, 4.69) is 15.9 Å². The molecule has 2 nitrogen and oxygen atoms in total. The highest BCUT2D eigenvalue weighted by molar-refractivity contribution is 9.10. The van der Waals surface area contributed by atoms with Crippen LogP contribution in [-0.2, 0) is 6.54 Å². The number of ketones is 1. The van der Waals surface area contributed by atoms with Gasteiger partial charge in [-0.25, -0.2) is 0 Å². The fourth-order valence-corrected chi connectivity index (χ4v) is 2.65. The van der Waals surface area contributed by atoms with Crippen molar-refractivity contribution in [2.24, 2.45) is 0 Å². The Morgan fingerprint density at radius 3 is 2.60 bits per heavy atom. The zero-order valence-corrected chi connectivity index (χ0v) is 13.7. The van der Waals surface area contributed by atoms with Crippen LogP contribution in [0.25, 0.3) is 0 Å². The van der Waals surface area contributed by atoms with Crippen molar-refractivity contribution in [2.75, 3.05) is 11.9 Å². The number of hydrogen-bond acceptors (Lipinski definition) is 2. The first-order valence-electron chi connectivity index (χ1n) is 6.24. The third-order valence-corrected chi connectivity index (χ3v) is 3.98. The topological polar surface area (TPSA) is 20.3 Å². The number of hydrogen-bond donors (Lipinski definition) is 0. The highest BCUT2D eigenvalue weighted by Crippen LogP contribution is 2.26. The molecule has 0 bridgehead atoms. The molecule has 0 fully saturated rings. The minimum atomic E-state index is 0.0484. The zero-order chi connectivity index (χ0) is 14.7. The van der Waals surface area contributed by atoms with E-state index in [4.69, 9.17) is 11.6 Å². The van der Waals surface area contributed by atoms with Crippen molar-refractivity contribution in [3.63, 3.8) is 0 Å². The fourth-order valence-electron chi connectivity index (χ4n) is 2.09. The molecule has 0 amide bonds. The Morgan fingerprint density at radius 1 is 1.25 bits per heavy atom. The summed E-state index contributed by atoms with van der Waals surface area (Å²) >= 11 is 9.58. The van der Waals surface area contributed by atoms with Gasteiger partial charge in [0.2, 0.25) is 0 Å². The highest BCUT2D eigenvalue weighted by Gasteiger charge is 2.13. The van der Waals surface area contributed by atoms with E-state index in [1.165, 1.54) is 0 Å². The van der Waals surface area contributed by atoms with Crippen LogP contribution in [0.15, 0.2) is 46.9 Å². The molecule has 0 saturated heterocycles. The normalized spacial score (nSPS) is 10.4. The van der Waals surface area contributed by atoms with Gasteiger partial charge in [-0.05, 0) is 36.8 Å². The van der Waals surface area contributed by atoms with Crippen molar-refractivity contribution in [2.45, 2.75) is 13.5 Å². The predicted octanol–water partition coefficient (Wildman–Crippen LogP) is 4.94. The lowest BCUT2D eigenvalue weighted by atomic mass is 10.1. The largest absolute Gasteiger partial charge is 0.370 e. The van der Waals surface area contributed by atoms with Gasteiger partial charge in [0.15, 0.2) is 5.78 Å². The van der Waals surface area contributed by atoms with Crippen molar-refractivity contribution >= 4 is 39.0 Å². The lowest BCUT2D eigenvalue weighted by molar-refractivity contribution is 0.101. The number of rotatable bonds is 4. The number of nitrogens with zero attached hydrogens (tertiary/aromatic N) is 1. The molecule has 0 aliphatic heterocycles. The van der Waals surface area contributed by atoms with E-state index in [9.17, 15) is 4.79 Å². The number of benzene rings is 2. The van der Waals surface area contributed by atoms with E-state index in [-0.39, 0.29) is 5.78 Å². The van der Waals surface area contributed by atoms with Gasteiger partial charge in [-0.15, -0.1) is 0 Å². The van der Waals surface area contributed by atoms with Crippen LogP contribution in [0.3, 0.4) is 0 Å². The van der Waals surface area contributed by atoms with Gasteiger partial charge in [-0.1, -0.05) is 45.7 Å². The number of carbonyl (C=O) groups is 1. The molecule has 2 aromatic rings. The monoisotopic (exact) mass is 351 g/mol. The summed E-state index contributed by atoms with van der Waals surface area (Å²) in [6.07, 6.45) is 0. The van der Waals surface area contributed by atoms with Gasteiger partial charge in [0, 0.05) is 34.3 Å². The first-order valence-corrected chi connectivity index (χ1v) is 7.41. The molecule has 0 aromatic heterocycles. The molecule has 20 heavy (non-hydrogen) atoms. The van der Waals surface area contributed by atoms with Crippen molar-refractivity contribution in [1.29, 1.82) is 0 Å². The smallest absolute Gasteiger partial charge is 0.161 e. The minimum absolute atomic E-state index is 0.0484. The number of Topliss-reactive ketones (excluding diaryl/α,β-unsaturated/α-hetero) is 1. The van der Waals surface area contributed by atoms with Crippen LogP contribution in [0.2, 0.25) is 5.02 Å². The molecule has 4 heteroatoms. The Labute approximate surface area is 132 Å². The van der Waals surface area contributed by atoms with Crippen molar-refractivity contribution in [3.05, 3.63) is 63.1 Å². The van der Waals surface area contributed by atoms with Crippen LogP contribution in [0.1, 0.15) is 22.8 Å². The molecule has 0 saturated carbocycles. The van der Waals surface area contributed by atoms with Gasteiger partial charge in [-0.3, -0.25) is 4.79 Å². The summed E-state index contributed by atoms with van der Waals surface area (Å²) in [5.41, 5.74) is 2.64. The zero-order valence-electron chi connectivity index (χ0n) is 11.4. The van der Waals surface area contributed by atoms with Gasteiger partial charge in [-0.2, -0.15) is 0 Å². The standard InChI is InChI=1S/C16H15BrClNO/c1-11(20)14-9-13(17)7-8-16(14)19(2)10-12-5-3-4-6-15(12)18/h3-9H,10H2,1-2H3. The lowest BCUT2D eigenvalue weighted by Crippen LogP contribution is -2.19. The maximum atomic E-state index is 11.8. The number of carbonyl (C=O) groups excluding carboxylic acids is 1. The molecule has 0 atom stereocenters. The van der Waals surface area contributed by atoms with Crippen molar-refractivity contribution in [1.82, 2.24) is 0 Å². The molecule has 2 aromatic carbocycles. The third-order valence-electron chi connectivity index (χ3n) is 3.11. The first kappa shape index (κ1) is 15.1. The van der Waals surface area contributed by atoms with Crippen LogP contribution in [-0.4, -0.2) is 12.8 Å².